The Hall–Kier alpha value is -1.33. The average Bonchev–Trinajstić information content (AvgIpc) is 2.80. The predicted molar refractivity (Wildman–Crippen MR) is 144 cm³/mol. The molecule has 0 amide bonds. The summed E-state index contributed by atoms with van der Waals surface area (Å²) in [7, 11) is 1.66. The number of aryl methyl sites for hydroxylation is 1. The molecule has 0 spiro atoms. The number of rotatable bonds is 8. The summed E-state index contributed by atoms with van der Waals surface area (Å²) in [6, 6.07) is 17.2. The fourth-order valence-corrected chi connectivity index (χ4v) is 3.56. The van der Waals surface area contributed by atoms with E-state index in [9.17, 15) is 4.79 Å². The number of benzene rings is 2. The second-order valence-corrected chi connectivity index (χ2v) is 7.51. The van der Waals surface area contributed by atoms with Crippen molar-refractivity contribution in [2.75, 3.05) is 13.7 Å². The number of hydrogen-bond acceptors (Lipinski definition) is 4. The van der Waals surface area contributed by atoms with Gasteiger partial charge in [-0.15, -0.1) is 6.07 Å². The molecule has 1 radical (unpaired) electrons. The van der Waals surface area contributed by atoms with Crippen molar-refractivity contribution in [2.24, 2.45) is 5.92 Å². The summed E-state index contributed by atoms with van der Waals surface area (Å²) in [6.45, 7) is 8.25. The van der Waals surface area contributed by atoms with Crippen LogP contribution in [0.15, 0.2) is 54.6 Å². The van der Waals surface area contributed by atoms with Crippen molar-refractivity contribution in [2.45, 2.75) is 81.6 Å². The quantitative estimate of drug-likeness (QED) is 0.240. The number of carbonyl (C=O) groups is 1. The molecule has 0 bridgehead atoms. The molecule has 2 aromatic rings. The van der Waals surface area contributed by atoms with Crippen LogP contribution in [0, 0.1) is 18.9 Å². The van der Waals surface area contributed by atoms with Crippen LogP contribution in [0.5, 0.6) is 5.75 Å². The van der Waals surface area contributed by atoms with Crippen molar-refractivity contribution in [3.8, 4) is 5.75 Å². The minimum atomic E-state index is -0.413. The Kier molecular flexibility index (Phi) is 22.7. The molecule has 1 fully saturated rings. The van der Waals surface area contributed by atoms with Crippen LogP contribution in [-0.4, -0.2) is 19.5 Å². The van der Waals surface area contributed by atoms with Gasteiger partial charge in [0.15, 0.2) is 6.29 Å². The average molecular weight is 561 g/mol. The van der Waals surface area contributed by atoms with Crippen LogP contribution in [0.1, 0.15) is 91.4 Å². The van der Waals surface area contributed by atoms with Gasteiger partial charge >= 0.3 is 0 Å². The third-order valence-corrected chi connectivity index (χ3v) is 5.09. The number of ether oxygens (including phenoxy) is 3. The van der Waals surface area contributed by atoms with E-state index >= 15 is 0 Å². The van der Waals surface area contributed by atoms with Gasteiger partial charge in [0.2, 0.25) is 0 Å². The molecule has 0 N–H and O–H groups in total. The van der Waals surface area contributed by atoms with E-state index in [0.29, 0.717) is 18.8 Å². The minimum absolute atomic E-state index is 0. The monoisotopic (exact) mass is 560 g/mol. The maximum absolute atomic E-state index is 11.1. The van der Waals surface area contributed by atoms with E-state index in [1.165, 1.54) is 0 Å². The van der Waals surface area contributed by atoms with Crippen molar-refractivity contribution in [1.29, 1.82) is 0 Å². The Morgan fingerprint density at radius 1 is 1.14 bits per heavy atom. The van der Waals surface area contributed by atoms with Crippen molar-refractivity contribution < 1.29 is 51.7 Å². The third-order valence-electron chi connectivity index (χ3n) is 5.09. The zero-order valence-electron chi connectivity index (χ0n) is 20.0. The molecule has 4 nitrogen and oxygen atoms in total. The summed E-state index contributed by atoms with van der Waals surface area (Å²) < 4.78 is 18.1. The number of allylic oxidation sites excluding steroid dienone is 2. The first-order valence-electron chi connectivity index (χ1n) is 11.1. The standard InChI is InChI=1S/C25H29O4.C2H6.3CH4.Y/c1-18-14-15-23(27-3)22(16-18)24-21(13-9-4-6-10-19(2)26)17-28-25(29-24)20-11-7-5-8-12-20;1-2;;;;/h4-5,7-9,11-12,14,16,21,24-25H,6,10,13,17H2,1-3H3;1-2H3;3*1H4;/q-1;;;;;/b9-4-;;;;;/t21-,24+,25+;;;;;/m1...../s1. The molecule has 0 aliphatic carbocycles. The molecule has 0 unspecified atom stereocenters. The molecule has 3 rings (SSSR count). The van der Waals surface area contributed by atoms with Crippen LogP contribution >= 0.6 is 0 Å². The first-order chi connectivity index (χ1) is 15.1. The molecule has 0 aromatic heterocycles. The van der Waals surface area contributed by atoms with Gasteiger partial charge < -0.3 is 19.0 Å². The van der Waals surface area contributed by atoms with E-state index in [1.807, 2.05) is 57.2 Å². The van der Waals surface area contributed by atoms with Gasteiger partial charge in [0.05, 0.1) is 19.8 Å². The number of hydrogen-bond donors (Lipinski definition) is 0. The Morgan fingerprint density at radius 3 is 2.40 bits per heavy atom. The first-order valence-corrected chi connectivity index (χ1v) is 11.1. The second kappa shape index (κ2) is 20.8. The Labute approximate surface area is 240 Å². The summed E-state index contributed by atoms with van der Waals surface area (Å²) in [6.07, 6.45) is 5.77. The molecule has 1 aliphatic rings. The molecule has 1 saturated heterocycles. The van der Waals surface area contributed by atoms with Crippen molar-refractivity contribution in [3.63, 3.8) is 0 Å². The summed E-state index contributed by atoms with van der Waals surface area (Å²) >= 11 is 0. The van der Waals surface area contributed by atoms with Gasteiger partial charge in [0, 0.05) is 56.4 Å². The summed E-state index contributed by atoms with van der Waals surface area (Å²) in [5, 5.41) is 0. The van der Waals surface area contributed by atoms with Crippen LogP contribution < -0.4 is 4.74 Å². The smallest absolute Gasteiger partial charge is 0.183 e. The normalized spacial score (nSPS) is 18.4. The molecule has 2 aromatic carbocycles. The van der Waals surface area contributed by atoms with Gasteiger partial charge in [-0.2, -0.15) is 17.7 Å². The van der Waals surface area contributed by atoms with E-state index in [-0.39, 0.29) is 72.8 Å². The molecule has 5 heteroatoms. The summed E-state index contributed by atoms with van der Waals surface area (Å²) in [4.78, 5) is 11.1. The second-order valence-electron chi connectivity index (χ2n) is 7.51. The fourth-order valence-electron chi connectivity index (χ4n) is 3.56. The van der Waals surface area contributed by atoms with Crippen LogP contribution in [0.3, 0.4) is 0 Å². The Balaban J connectivity index is -0.00000166. The molecular formula is C30H47O4Y-. The molecule has 1 heterocycles. The zero-order valence-corrected chi connectivity index (χ0v) is 22.8. The van der Waals surface area contributed by atoms with Gasteiger partial charge in [-0.3, -0.25) is 0 Å². The van der Waals surface area contributed by atoms with Gasteiger partial charge in [0.1, 0.15) is 5.78 Å². The maximum Gasteiger partial charge on any atom is 0.183 e. The van der Waals surface area contributed by atoms with E-state index in [2.05, 4.69) is 24.3 Å². The minimum Gasteiger partial charge on any atom is -0.522 e. The first kappa shape index (κ1) is 38.2. The summed E-state index contributed by atoms with van der Waals surface area (Å²) in [5.74, 6) is 1.06. The molecule has 1 aliphatic heterocycles. The fraction of sp³-hybridized carbons (Fsp3) is 0.500. The predicted octanol–water partition coefficient (Wildman–Crippen LogP) is 8.45. The molecule has 35 heavy (non-hydrogen) atoms. The number of ketones is 1. The molecular weight excluding hydrogens is 513 g/mol. The van der Waals surface area contributed by atoms with Crippen LogP contribution in [0.2, 0.25) is 0 Å². The number of methoxy groups -OCH3 is 1. The van der Waals surface area contributed by atoms with Gasteiger partial charge in [0.25, 0.3) is 0 Å². The Morgan fingerprint density at radius 2 is 1.80 bits per heavy atom. The molecule has 0 saturated carbocycles. The van der Waals surface area contributed by atoms with Crippen molar-refractivity contribution in [1.82, 2.24) is 0 Å². The van der Waals surface area contributed by atoms with Crippen molar-refractivity contribution >= 4 is 5.78 Å². The Bertz CT molecular complexity index is 836. The maximum atomic E-state index is 11.1. The van der Waals surface area contributed by atoms with E-state index in [4.69, 9.17) is 14.2 Å². The van der Waals surface area contributed by atoms with E-state index < -0.39 is 6.29 Å². The largest absolute Gasteiger partial charge is 0.522 e. The van der Waals surface area contributed by atoms with Gasteiger partial charge in [-0.05, 0) is 19.8 Å². The van der Waals surface area contributed by atoms with Crippen LogP contribution in [0.4, 0.5) is 0 Å². The van der Waals surface area contributed by atoms with E-state index in [0.717, 1.165) is 29.5 Å². The molecule has 195 valence electrons. The van der Waals surface area contributed by atoms with Crippen LogP contribution in [0.25, 0.3) is 0 Å². The topological polar surface area (TPSA) is 44.8 Å². The molecule has 3 atom stereocenters. The van der Waals surface area contributed by atoms with Crippen LogP contribution in [-0.2, 0) is 47.0 Å². The van der Waals surface area contributed by atoms with Gasteiger partial charge in [-0.25, -0.2) is 0 Å². The number of carbonyl (C=O) groups excluding carboxylic acids is 1. The SMILES string of the molecule is C.C.C.CC.COc1[c-]cc(C)cc1[C@H]1O[C@@H](c2ccccc2)OC[C@H]1C/C=C\CCC(C)=O.[Y]. The van der Waals surface area contributed by atoms with E-state index in [1.54, 1.807) is 14.0 Å². The zero-order chi connectivity index (χ0) is 22.6. The summed E-state index contributed by atoms with van der Waals surface area (Å²) in [5.41, 5.74) is 3.12. The van der Waals surface area contributed by atoms with Gasteiger partial charge in [-0.1, -0.05) is 91.1 Å². The third kappa shape index (κ3) is 12.0. The number of Topliss-reactive ketones (excluding diaryl/α,β-unsaturated/α-hetero) is 1. The van der Waals surface area contributed by atoms with Crippen molar-refractivity contribution in [3.05, 3.63) is 77.4 Å².